The first-order valence-corrected chi connectivity index (χ1v) is 8.53. The Labute approximate surface area is 157 Å². The van der Waals surface area contributed by atoms with Gasteiger partial charge in [0.05, 0.1) is 7.11 Å². The summed E-state index contributed by atoms with van der Waals surface area (Å²) in [7, 11) is 1.62. The molecular weight excluding hydrogens is 344 g/mol. The van der Waals surface area contributed by atoms with E-state index in [1.807, 2.05) is 49.4 Å². The number of nitrogen functional groups attached to an aromatic ring is 1. The van der Waals surface area contributed by atoms with Crippen LogP contribution in [-0.4, -0.2) is 38.1 Å². The number of benzene rings is 2. The van der Waals surface area contributed by atoms with Crippen LogP contribution in [0.3, 0.4) is 0 Å². The Bertz CT molecular complexity index is 924. The maximum absolute atomic E-state index is 13.0. The molecule has 0 saturated heterocycles. The van der Waals surface area contributed by atoms with E-state index in [1.165, 1.54) is 4.68 Å². The average Bonchev–Trinajstić information content (AvgIpc) is 3.06. The molecule has 0 aliphatic heterocycles. The van der Waals surface area contributed by atoms with Crippen LogP contribution in [0, 0.1) is 6.92 Å². The fourth-order valence-corrected chi connectivity index (χ4v) is 2.85. The predicted octanol–water partition coefficient (Wildman–Crippen LogP) is 1.80. The van der Waals surface area contributed by atoms with Gasteiger partial charge in [-0.15, -0.1) is 0 Å². The maximum atomic E-state index is 13.0. The zero-order valence-corrected chi connectivity index (χ0v) is 15.4. The summed E-state index contributed by atoms with van der Waals surface area (Å²) in [5.74, 6) is 0.707. The lowest BCUT2D eigenvalue weighted by atomic mass is 10.1. The summed E-state index contributed by atoms with van der Waals surface area (Å²) in [6.07, 6.45) is 0. The number of tetrazole rings is 1. The van der Waals surface area contributed by atoms with E-state index < -0.39 is 0 Å². The monoisotopic (exact) mass is 366 g/mol. The number of ether oxygens (including phenoxy) is 1. The lowest BCUT2D eigenvalue weighted by Gasteiger charge is -2.24. The number of aromatic nitrogens is 4. The quantitative estimate of drug-likeness (QED) is 0.684. The number of aryl methyl sites for hydroxylation is 1. The van der Waals surface area contributed by atoms with Gasteiger partial charge in [0.25, 0.3) is 0 Å². The number of nitrogens with zero attached hydrogens (tertiary/aromatic N) is 5. The van der Waals surface area contributed by atoms with Gasteiger partial charge >= 0.3 is 0 Å². The van der Waals surface area contributed by atoms with Crippen LogP contribution in [0.25, 0.3) is 0 Å². The van der Waals surface area contributed by atoms with Crippen LogP contribution in [0.1, 0.15) is 16.7 Å². The number of anilines is 1. The van der Waals surface area contributed by atoms with Gasteiger partial charge in [-0.1, -0.05) is 53.1 Å². The van der Waals surface area contributed by atoms with Crippen molar-refractivity contribution in [1.82, 2.24) is 25.1 Å². The molecule has 0 aliphatic rings. The molecule has 0 atom stereocenters. The van der Waals surface area contributed by atoms with E-state index in [2.05, 4.69) is 21.6 Å². The molecule has 0 saturated carbocycles. The second-order valence-corrected chi connectivity index (χ2v) is 6.25. The maximum Gasteiger partial charge on any atom is 0.245 e. The Morgan fingerprint density at radius 2 is 2.00 bits per heavy atom. The number of amides is 1. The highest BCUT2D eigenvalue weighted by Crippen LogP contribution is 2.21. The number of methoxy groups -OCH3 is 1. The van der Waals surface area contributed by atoms with E-state index in [4.69, 9.17) is 10.5 Å². The lowest BCUT2D eigenvalue weighted by molar-refractivity contribution is -0.133. The van der Waals surface area contributed by atoms with Crippen molar-refractivity contribution in [2.75, 3.05) is 12.8 Å². The van der Waals surface area contributed by atoms with Crippen LogP contribution >= 0.6 is 0 Å². The Morgan fingerprint density at radius 1 is 1.19 bits per heavy atom. The Morgan fingerprint density at radius 3 is 2.70 bits per heavy atom. The van der Waals surface area contributed by atoms with E-state index in [9.17, 15) is 4.79 Å². The molecule has 0 aliphatic carbocycles. The van der Waals surface area contributed by atoms with E-state index in [-0.39, 0.29) is 18.4 Å². The summed E-state index contributed by atoms with van der Waals surface area (Å²) in [4.78, 5) is 14.7. The van der Waals surface area contributed by atoms with Crippen molar-refractivity contribution in [3.05, 3.63) is 65.2 Å². The minimum absolute atomic E-state index is 0.0280. The van der Waals surface area contributed by atoms with E-state index in [0.717, 1.165) is 22.4 Å². The third-order valence-corrected chi connectivity index (χ3v) is 4.21. The van der Waals surface area contributed by atoms with Gasteiger partial charge in [0, 0.05) is 18.7 Å². The topological polar surface area (TPSA) is 99.2 Å². The third kappa shape index (κ3) is 4.60. The molecule has 0 spiro atoms. The summed E-state index contributed by atoms with van der Waals surface area (Å²) in [5, 5.41) is 10.9. The Kier molecular flexibility index (Phi) is 5.65. The molecule has 1 aromatic heterocycles. The molecule has 0 bridgehead atoms. The fraction of sp³-hybridized carbons (Fsp3) is 0.263. The van der Waals surface area contributed by atoms with Gasteiger partial charge in [-0.25, -0.2) is 4.68 Å². The summed E-state index contributed by atoms with van der Waals surface area (Å²) < 4.78 is 6.71. The largest absolute Gasteiger partial charge is 0.496 e. The number of rotatable bonds is 7. The average molecular weight is 366 g/mol. The van der Waals surface area contributed by atoms with Crippen molar-refractivity contribution >= 4 is 11.9 Å². The molecule has 0 fully saturated rings. The van der Waals surface area contributed by atoms with Gasteiger partial charge in [0.1, 0.15) is 12.3 Å². The van der Waals surface area contributed by atoms with Crippen LogP contribution in [0.15, 0.2) is 48.5 Å². The zero-order chi connectivity index (χ0) is 19.2. The minimum atomic E-state index is -0.138. The van der Waals surface area contributed by atoms with Crippen LogP contribution in [0.5, 0.6) is 5.75 Å². The van der Waals surface area contributed by atoms with Crippen molar-refractivity contribution in [3.63, 3.8) is 0 Å². The van der Waals surface area contributed by atoms with Gasteiger partial charge < -0.3 is 15.4 Å². The van der Waals surface area contributed by atoms with Crippen molar-refractivity contribution < 1.29 is 9.53 Å². The van der Waals surface area contributed by atoms with Crippen LogP contribution < -0.4 is 10.5 Å². The van der Waals surface area contributed by atoms with E-state index in [0.29, 0.717) is 13.1 Å². The molecule has 8 heteroatoms. The molecule has 0 unspecified atom stereocenters. The first-order valence-electron chi connectivity index (χ1n) is 8.53. The highest BCUT2D eigenvalue weighted by molar-refractivity contribution is 5.76. The van der Waals surface area contributed by atoms with Gasteiger partial charge in [-0.2, -0.15) is 0 Å². The number of hydrogen-bond acceptors (Lipinski definition) is 6. The molecule has 140 valence electrons. The van der Waals surface area contributed by atoms with E-state index in [1.54, 1.807) is 12.0 Å². The van der Waals surface area contributed by atoms with Crippen LogP contribution in [0.2, 0.25) is 0 Å². The van der Waals surface area contributed by atoms with Gasteiger partial charge in [-0.3, -0.25) is 4.79 Å². The molecule has 0 radical (unpaired) electrons. The molecule has 1 amide bonds. The molecule has 2 aromatic carbocycles. The summed E-state index contributed by atoms with van der Waals surface area (Å²) in [6, 6.07) is 15.7. The highest BCUT2D eigenvalue weighted by atomic mass is 16.5. The molecule has 3 rings (SSSR count). The van der Waals surface area contributed by atoms with Crippen molar-refractivity contribution in [3.8, 4) is 5.75 Å². The van der Waals surface area contributed by atoms with Crippen molar-refractivity contribution in [2.24, 2.45) is 0 Å². The number of carbonyl (C=O) groups excluding carboxylic acids is 1. The third-order valence-electron chi connectivity index (χ3n) is 4.21. The molecule has 8 nitrogen and oxygen atoms in total. The molecule has 2 N–H and O–H groups in total. The second kappa shape index (κ2) is 8.31. The first-order chi connectivity index (χ1) is 13.1. The van der Waals surface area contributed by atoms with Gasteiger partial charge in [-0.05, 0) is 29.0 Å². The standard InChI is InChI=1S/C19H22N6O2/c1-14-6-5-7-15(10-14)11-24(12-16-8-3-4-9-17(16)27-2)18(26)13-25-19(20)21-22-23-25/h3-10H,11-13H2,1-2H3,(H2,20,21,23). The summed E-state index contributed by atoms with van der Waals surface area (Å²) in [6.45, 7) is 2.86. The van der Waals surface area contributed by atoms with Crippen LogP contribution in [0.4, 0.5) is 5.95 Å². The molecule has 3 aromatic rings. The lowest BCUT2D eigenvalue weighted by Crippen LogP contribution is -2.33. The number of para-hydroxylation sites is 1. The fourth-order valence-electron chi connectivity index (χ4n) is 2.85. The SMILES string of the molecule is COc1ccccc1CN(Cc1cccc(C)c1)C(=O)Cn1nnnc1N. The second-order valence-electron chi connectivity index (χ2n) is 6.25. The highest BCUT2D eigenvalue weighted by Gasteiger charge is 2.19. The van der Waals surface area contributed by atoms with Crippen molar-refractivity contribution in [1.29, 1.82) is 0 Å². The number of nitrogens with two attached hydrogens (primary N) is 1. The van der Waals surface area contributed by atoms with Crippen molar-refractivity contribution in [2.45, 2.75) is 26.6 Å². The Hall–Kier alpha value is -3.42. The summed E-state index contributed by atoms with van der Waals surface area (Å²) >= 11 is 0. The van der Waals surface area contributed by atoms with E-state index >= 15 is 0 Å². The Balaban J connectivity index is 1.85. The van der Waals surface area contributed by atoms with Crippen LogP contribution in [-0.2, 0) is 24.4 Å². The molecule has 1 heterocycles. The minimum Gasteiger partial charge on any atom is -0.496 e. The number of carbonyl (C=O) groups is 1. The summed E-state index contributed by atoms with van der Waals surface area (Å²) in [5.41, 5.74) is 8.80. The zero-order valence-electron chi connectivity index (χ0n) is 15.4. The number of hydrogen-bond donors (Lipinski definition) is 1. The normalized spacial score (nSPS) is 10.6. The van der Waals surface area contributed by atoms with Gasteiger partial charge in [0.15, 0.2) is 0 Å². The first kappa shape index (κ1) is 18.4. The molecular formula is C19H22N6O2. The smallest absolute Gasteiger partial charge is 0.245 e. The van der Waals surface area contributed by atoms with Gasteiger partial charge in [0.2, 0.25) is 11.9 Å². The predicted molar refractivity (Wildman–Crippen MR) is 101 cm³/mol. The molecule has 27 heavy (non-hydrogen) atoms.